The smallest absolute Gasteiger partial charge is 0.339 e. The van der Waals surface area contributed by atoms with Crippen LogP contribution < -0.4 is 24.3 Å². The maximum Gasteiger partial charge on any atom is 0.339 e. The Morgan fingerprint density at radius 3 is 2.00 bits per heavy atom. The van der Waals surface area contributed by atoms with Crippen molar-refractivity contribution in [3.05, 3.63) is 47.0 Å². The van der Waals surface area contributed by atoms with Gasteiger partial charge >= 0.3 is 5.97 Å². The van der Waals surface area contributed by atoms with Gasteiger partial charge in [0.1, 0.15) is 12.4 Å². The molecule has 1 N–H and O–H groups in total. The summed E-state index contributed by atoms with van der Waals surface area (Å²) in [6.45, 7) is 9.27. The molecule has 2 aromatic rings. The van der Waals surface area contributed by atoms with Crippen molar-refractivity contribution in [2.24, 2.45) is 0 Å². The van der Waals surface area contributed by atoms with Crippen LogP contribution in [0.2, 0.25) is 0 Å². The number of nitrogens with one attached hydrogen (secondary N) is 1. The van der Waals surface area contributed by atoms with Gasteiger partial charge in [-0.1, -0.05) is 17.7 Å². The molecule has 0 spiro atoms. The Kier molecular flexibility index (Phi) is 8.56. The number of aryl methyl sites for hydroxylation is 2. The summed E-state index contributed by atoms with van der Waals surface area (Å²) in [6, 6.07) is 8.64. The predicted octanol–water partition coefficient (Wildman–Crippen LogP) is 3.85. The molecule has 0 aliphatic carbocycles. The summed E-state index contributed by atoms with van der Waals surface area (Å²) in [7, 11) is 4.36. The highest BCUT2D eigenvalue weighted by molar-refractivity contribution is 5.93. The molecule has 180 valence electrons. The molecule has 0 bridgehead atoms. The van der Waals surface area contributed by atoms with Crippen LogP contribution in [0.1, 0.15) is 42.3 Å². The first kappa shape index (κ1) is 25.8. The number of rotatable bonds is 9. The highest BCUT2D eigenvalue weighted by Crippen LogP contribution is 2.38. The van der Waals surface area contributed by atoms with Crippen LogP contribution in [0.15, 0.2) is 30.3 Å². The van der Waals surface area contributed by atoms with Gasteiger partial charge in [-0.15, -0.1) is 0 Å². The molecule has 2 rings (SSSR count). The summed E-state index contributed by atoms with van der Waals surface area (Å²) in [6.07, 6.45) is -1.18. The third-order valence-corrected chi connectivity index (χ3v) is 4.66. The molecule has 0 radical (unpaired) electrons. The fourth-order valence-electron chi connectivity index (χ4n) is 3.14. The zero-order valence-electron chi connectivity index (χ0n) is 20.5. The van der Waals surface area contributed by atoms with E-state index in [1.165, 1.54) is 33.5 Å². The van der Waals surface area contributed by atoms with E-state index in [4.69, 9.17) is 23.7 Å². The van der Waals surface area contributed by atoms with E-state index in [-0.39, 0.29) is 12.2 Å². The van der Waals surface area contributed by atoms with Crippen LogP contribution in [-0.2, 0) is 9.53 Å². The van der Waals surface area contributed by atoms with Crippen molar-refractivity contribution in [2.75, 3.05) is 27.9 Å². The first-order valence-corrected chi connectivity index (χ1v) is 10.5. The second kappa shape index (κ2) is 10.9. The lowest BCUT2D eigenvalue weighted by atomic mass is 10.1. The molecule has 0 saturated heterocycles. The van der Waals surface area contributed by atoms with Gasteiger partial charge in [-0.25, -0.2) is 4.79 Å². The fourth-order valence-corrected chi connectivity index (χ4v) is 3.14. The van der Waals surface area contributed by atoms with Gasteiger partial charge in [-0.05, 0) is 58.4 Å². The molecular formula is C25H33NO7. The van der Waals surface area contributed by atoms with Gasteiger partial charge in [0.2, 0.25) is 11.9 Å². The molecule has 2 aromatic carbocycles. The predicted molar refractivity (Wildman–Crippen MR) is 125 cm³/mol. The normalized spacial score (nSPS) is 11.9. The van der Waals surface area contributed by atoms with Gasteiger partial charge in [0.25, 0.3) is 5.91 Å². The second-order valence-electron chi connectivity index (χ2n) is 8.63. The van der Waals surface area contributed by atoms with Crippen LogP contribution in [0.25, 0.3) is 0 Å². The minimum Gasteiger partial charge on any atom is -0.493 e. The molecule has 1 unspecified atom stereocenters. The minimum absolute atomic E-state index is 0.143. The highest BCUT2D eigenvalue weighted by atomic mass is 16.6. The number of methoxy groups -OCH3 is 3. The third-order valence-electron chi connectivity index (χ3n) is 4.66. The largest absolute Gasteiger partial charge is 0.493 e. The van der Waals surface area contributed by atoms with Gasteiger partial charge in [0.05, 0.1) is 26.9 Å². The number of carbonyl (C=O) groups is 2. The standard InChI is InChI=1S/C25H33NO7/c1-15-9-10-18(16(2)11-15)32-14-21(23(27)26-25(3,4)5)33-24(28)17-12-19(29-6)22(31-8)20(13-17)30-7/h9-13,21H,14H2,1-8H3,(H,26,27). The molecule has 0 aliphatic heterocycles. The lowest BCUT2D eigenvalue weighted by molar-refractivity contribution is -0.133. The van der Waals surface area contributed by atoms with Gasteiger partial charge in [-0.2, -0.15) is 0 Å². The second-order valence-corrected chi connectivity index (χ2v) is 8.63. The Morgan fingerprint density at radius 1 is 0.909 bits per heavy atom. The summed E-state index contributed by atoms with van der Waals surface area (Å²) in [5, 5.41) is 2.83. The zero-order chi connectivity index (χ0) is 24.8. The monoisotopic (exact) mass is 459 g/mol. The lowest BCUT2D eigenvalue weighted by Crippen LogP contribution is -2.49. The number of amides is 1. The molecule has 33 heavy (non-hydrogen) atoms. The lowest BCUT2D eigenvalue weighted by Gasteiger charge is -2.25. The van der Waals surface area contributed by atoms with Crippen molar-refractivity contribution in [2.45, 2.75) is 46.3 Å². The molecule has 0 aromatic heterocycles. The molecule has 0 aliphatic rings. The van der Waals surface area contributed by atoms with Crippen LogP contribution in [0.5, 0.6) is 23.0 Å². The first-order valence-electron chi connectivity index (χ1n) is 10.5. The van der Waals surface area contributed by atoms with Gasteiger partial charge < -0.3 is 29.0 Å². The summed E-state index contributed by atoms with van der Waals surface area (Å²) in [4.78, 5) is 25.9. The SMILES string of the molecule is COc1cc(C(=O)OC(COc2ccc(C)cc2C)C(=O)NC(C)(C)C)cc(OC)c1OC. The maximum atomic E-state index is 13.0. The maximum absolute atomic E-state index is 13.0. The van der Waals surface area contributed by atoms with Crippen molar-refractivity contribution in [3.63, 3.8) is 0 Å². The summed E-state index contributed by atoms with van der Waals surface area (Å²) >= 11 is 0. The first-order chi connectivity index (χ1) is 15.5. The van der Waals surface area contributed by atoms with Gasteiger partial charge in [-0.3, -0.25) is 4.79 Å². The quantitative estimate of drug-likeness (QED) is 0.570. The van der Waals surface area contributed by atoms with Crippen molar-refractivity contribution in [1.82, 2.24) is 5.32 Å². The van der Waals surface area contributed by atoms with Crippen LogP contribution in [0.3, 0.4) is 0 Å². The average molecular weight is 460 g/mol. The van der Waals surface area contributed by atoms with E-state index >= 15 is 0 Å². The third kappa shape index (κ3) is 7.03. The minimum atomic E-state index is -1.18. The molecule has 0 fully saturated rings. The van der Waals surface area contributed by atoms with E-state index in [1.54, 1.807) is 0 Å². The molecular weight excluding hydrogens is 426 g/mol. The molecule has 1 amide bonds. The highest BCUT2D eigenvalue weighted by Gasteiger charge is 2.29. The van der Waals surface area contributed by atoms with E-state index in [9.17, 15) is 9.59 Å². The number of carbonyl (C=O) groups excluding carboxylic acids is 2. The van der Waals surface area contributed by atoms with Crippen LogP contribution >= 0.6 is 0 Å². The van der Waals surface area contributed by atoms with Crippen molar-refractivity contribution >= 4 is 11.9 Å². The number of hydrogen-bond donors (Lipinski definition) is 1. The van der Waals surface area contributed by atoms with Gasteiger partial charge in [0.15, 0.2) is 11.5 Å². The van der Waals surface area contributed by atoms with E-state index < -0.39 is 23.5 Å². The summed E-state index contributed by atoms with van der Waals surface area (Å²) in [5.41, 5.74) is 1.63. The Hall–Kier alpha value is -3.42. The number of ether oxygens (including phenoxy) is 5. The van der Waals surface area contributed by atoms with E-state index in [0.717, 1.165) is 11.1 Å². The molecule has 1 atom stereocenters. The Labute approximate surface area is 195 Å². The molecule has 0 saturated carbocycles. The Bertz CT molecular complexity index is 970. The van der Waals surface area contributed by atoms with E-state index in [0.29, 0.717) is 23.0 Å². The summed E-state index contributed by atoms with van der Waals surface area (Å²) < 4.78 is 27.3. The Balaban J connectivity index is 2.29. The fraction of sp³-hybridized carbons (Fsp3) is 0.440. The van der Waals surface area contributed by atoms with Crippen molar-refractivity contribution < 1.29 is 33.3 Å². The van der Waals surface area contributed by atoms with Crippen LogP contribution in [0, 0.1) is 13.8 Å². The van der Waals surface area contributed by atoms with Crippen molar-refractivity contribution in [3.8, 4) is 23.0 Å². The van der Waals surface area contributed by atoms with E-state index in [1.807, 2.05) is 52.8 Å². The number of benzene rings is 2. The van der Waals surface area contributed by atoms with Crippen LogP contribution in [0.4, 0.5) is 0 Å². The average Bonchev–Trinajstić information content (AvgIpc) is 2.74. The molecule has 8 heteroatoms. The topological polar surface area (TPSA) is 92.3 Å². The van der Waals surface area contributed by atoms with E-state index in [2.05, 4.69) is 5.32 Å². The van der Waals surface area contributed by atoms with Gasteiger partial charge in [0, 0.05) is 5.54 Å². The molecule has 8 nitrogen and oxygen atoms in total. The molecule has 0 heterocycles. The zero-order valence-corrected chi connectivity index (χ0v) is 20.5. The number of esters is 1. The van der Waals surface area contributed by atoms with Crippen LogP contribution in [-0.4, -0.2) is 51.5 Å². The summed E-state index contributed by atoms with van der Waals surface area (Å²) in [5.74, 6) is 0.354. The number of hydrogen-bond acceptors (Lipinski definition) is 7. The Morgan fingerprint density at radius 2 is 1.52 bits per heavy atom. The van der Waals surface area contributed by atoms with Crippen molar-refractivity contribution in [1.29, 1.82) is 0 Å².